The Balaban J connectivity index is 1.68. The quantitative estimate of drug-likeness (QED) is 0.815. The van der Waals surface area contributed by atoms with Crippen molar-refractivity contribution in [2.24, 2.45) is 0 Å². The number of hydrogen-bond acceptors (Lipinski definition) is 4. The fourth-order valence-electron chi connectivity index (χ4n) is 3.68. The second-order valence-corrected chi connectivity index (χ2v) is 9.12. The summed E-state index contributed by atoms with van der Waals surface area (Å²) in [7, 11) is -3.56. The number of nitrogens with one attached hydrogen (secondary N) is 1. The molecule has 6 nitrogen and oxygen atoms in total. The van der Waals surface area contributed by atoms with Gasteiger partial charge in [-0.15, -0.1) is 0 Å². The van der Waals surface area contributed by atoms with Crippen molar-refractivity contribution in [3.63, 3.8) is 0 Å². The van der Waals surface area contributed by atoms with Gasteiger partial charge in [-0.05, 0) is 44.0 Å². The van der Waals surface area contributed by atoms with E-state index in [-0.39, 0.29) is 22.9 Å². The van der Waals surface area contributed by atoms with Gasteiger partial charge in [-0.1, -0.05) is 25.7 Å². The predicted molar refractivity (Wildman–Crippen MR) is 99.6 cm³/mol. The molecule has 1 aliphatic carbocycles. The molecule has 1 aromatic carbocycles. The molecule has 1 unspecified atom stereocenters. The van der Waals surface area contributed by atoms with Gasteiger partial charge in [0.05, 0.1) is 18.1 Å². The maximum Gasteiger partial charge on any atom is 0.251 e. The fraction of sp³-hybridized carbons (Fsp3) is 0.632. The molecule has 1 aliphatic heterocycles. The molecule has 3 rings (SSSR count). The number of ether oxygens (including phenoxy) is 1. The molecule has 0 spiro atoms. The number of benzene rings is 1. The largest absolute Gasteiger partial charge is 0.378 e. The molecule has 1 N–H and O–H groups in total. The molecule has 26 heavy (non-hydrogen) atoms. The molecule has 2 fully saturated rings. The highest BCUT2D eigenvalue weighted by atomic mass is 32.2. The van der Waals surface area contributed by atoms with Crippen LogP contribution in [0.4, 0.5) is 0 Å². The Morgan fingerprint density at radius 1 is 1.12 bits per heavy atom. The summed E-state index contributed by atoms with van der Waals surface area (Å²) in [5, 5.41) is 3.09. The van der Waals surface area contributed by atoms with E-state index in [2.05, 4.69) is 5.32 Å². The van der Waals surface area contributed by atoms with Crippen LogP contribution < -0.4 is 5.32 Å². The first kappa shape index (κ1) is 19.3. The smallest absolute Gasteiger partial charge is 0.251 e. The Bertz CT molecular complexity index is 710. The average molecular weight is 381 g/mol. The van der Waals surface area contributed by atoms with Crippen LogP contribution in [0.15, 0.2) is 29.2 Å². The summed E-state index contributed by atoms with van der Waals surface area (Å²) in [6, 6.07) is 6.29. The van der Waals surface area contributed by atoms with Gasteiger partial charge in [-0.3, -0.25) is 4.79 Å². The van der Waals surface area contributed by atoms with Crippen LogP contribution in [-0.4, -0.2) is 50.5 Å². The minimum Gasteiger partial charge on any atom is -0.378 e. The number of amides is 1. The average Bonchev–Trinajstić information content (AvgIpc) is 2.90. The molecule has 7 heteroatoms. The van der Waals surface area contributed by atoms with Crippen LogP contribution in [-0.2, 0) is 14.8 Å². The van der Waals surface area contributed by atoms with Crippen molar-refractivity contribution >= 4 is 15.9 Å². The fourth-order valence-corrected chi connectivity index (χ4v) is 5.28. The standard InChI is InChI=1S/C19H28N2O4S/c1-15-14-25-13-12-21(15)26(23,24)18-10-8-16(9-11-18)19(22)20-17-6-4-2-3-5-7-17/h8-11,15,17H,2-7,12-14H2,1H3,(H,20,22). The highest BCUT2D eigenvalue weighted by Crippen LogP contribution is 2.21. The van der Waals surface area contributed by atoms with Crippen LogP contribution in [0.5, 0.6) is 0 Å². The first-order chi connectivity index (χ1) is 12.5. The molecule has 1 amide bonds. The molecule has 1 atom stereocenters. The van der Waals surface area contributed by atoms with Gasteiger partial charge in [0.25, 0.3) is 5.91 Å². The number of carbonyl (C=O) groups excluding carboxylic acids is 1. The Morgan fingerprint density at radius 2 is 1.77 bits per heavy atom. The summed E-state index contributed by atoms with van der Waals surface area (Å²) in [4.78, 5) is 12.7. The molecule has 1 saturated heterocycles. The Morgan fingerprint density at radius 3 is 2.38 bits per heavy atom. The maximum absolute atomic E-state index is 12.8. The van der Waals surface area contributed by atoms with Crippen LogP contribution in [0.1, 0.15) is 55.8 Å². The summed E-state index contributed by atoms with van der Waals surface area (Å²) in [6.45, 7) is 3.01. The zero-order valence-corrected chi connectivity index (χ0v) is 16.1. The second-order valence-electron chi connectivity index (χ2n) is 7.23. The third-order valence-corrected chi connectivity index (χ3v) is 7.25. The van der Waals surface area contributed by atoms with Gasteiger partial charge in [-0.25, -0.2) is 8.42 Å². The second kappa shape index (κ2) is 8.50. The number of nitrogens with zero attached hydrogens (tertiary/aromatic N) is 1. The highest BCUT2D eigenvalue weighted by molar-refractivity contribution is 7.89. The summed E-state index contributed by atoms with van der Waals surface area (Å²) in [5.41, 5.74) is 0.503. The van der Waals surface area contributed by atoms with Gasteiger partial charge in [0, 0.05) is 24.2 Å². The summed E-state index contributed by atoms with van der Waals surface area (Å²) >= 11 is 0. The van der Waals surface area contributed by atoms with Crippen molar-refractivity contribution in [1.29, 1.82) is 0 Å². The van der Waals surface area contributed by atoms with Gasteiger partial charge >= 0.3 is 0 Å². The zero-order valence-electron chi connectivity index (χ0n) is 15.3. The summed E-state index contributed by atoms with van der Waals surface area (Å²) < 4.78 is 32.4. The minimum atomic E-state index is -3.56. The van der Waals surface area contributed by atoms with E-state index in [1.54, 1.807) is 12.1 Å². The van der Waals surface area contributed by atoms with Crippen LogP contribution in [0.2, 0.25) is 0 Å². The first-order valence-electron chi connectivity index (χ1n) is 9.49. The van der Waals surface area contributed by atoms with Crippen molar-refractivity contribution in [3.8, 4) is 0 Å². The molecule has 0 radical (unpaired) electrons. The molecule has 1 aromatic rings. The zero-order chi connectivity index (χ0) is 18.6. The van der Waals surface area contributed by atoms with Crippen LogP contribution in [0.25, 0.3) is 0 Å². The third kappa shape index (κ3) is 4.45. The van der Waals surface area contributed by atoms with Crippen LogP contribution >= 0.6 is 0 Å². The first-order valence-corrected chi connectivity index (χ1v) is 10.9. The molecule has 1 saturated carbocycles. The highest BCUT2D eigenvalue weighted by Gasteiger charge is 2.31. The summed E-state index contributed by atoms with van der Waals surface area (Å²) in [5.74, 6) is -0.124. The lowest BCUT2D eigenvalue weighted by Crippen LogP contribution is -2.46. The Hall–Kier alpha value is -1.44. The van der Waals surface area contributed by atoms with Crippen molar-refractivity contribution < 1.29 is 17.9 Å². The van der Waals surface area contributed by atoms with Crippen molar-refractivity contribution in [2.75, 3.05) is 19.8 Å². The van der Waals surface area contributed by atoms with Gasteiger partial charge in [0.1, 0.15) is 0 Å². The Labute approximate surface area is 156 Å². The van der Waals surface area contributed by atoms with E-state index in [1.165, 1.54) is 29.3 Å². The molecular weight excluding hydrogens is 352 g/mol. The SMILES string of the molecule is CC1COCCN1S(=O)(=O)c1ccc(C(=O)NC2CCCCCC2)cc1. The van der Waals surface area contributed by atoms with Gasteiger partial charge < -0.3 is 10.1 Å². The van der Waals surface area contributed by atoms with Crippen molar-refractivity contribution in [2.45, 2.75) is 62.4 Å². The van der Waals surface area contributed by atoms with Gasteiger partial charge in [0.15, 0.2) is 0 Å². The Kier molecular flexibility index (Phi) is 6.32. The molecule has 2 aliphatic rings. The molecule has 1 heterocycles. The summed E-state index contributed by atoms with van der Waals surface area (Å²) in [6.07, 6.45) is 6.82. The monoisotopic (exact) mass is 380 g/mol. The van der Waals surface area contributed by atoms with Crippen molar-refractivity contribution in [1.82, 2.24) is 9.62 Å². The van der Waals surface area contributed by atoms with Gasteiger partial charge in [-0.2, -0.15) is 4.31 Å². The number of hydrogen-bond donors (Lipinski definition) is 1. The molecule has 0 aromatic heterocycles. The van der Waals surface area contributed by atoms with E-state index in [0.717, 1.165) is 25.7 Å². The predicted octanol–water partition coefficient (Wildman–Crippen LogP) is 2.55. The molecular formula is C19H28N2O4S. The van der Waals surface area contributed by atoms with E-state index in [9.17, 15) is 13.2 Å². The lowest BCUT2D eigenvalue weighted by Gasteiger charge is -2.32. The topological polar surface area (TPSA) is 75.7 Å². The normalized spacial score (nSPS) is 23.3. The number of carbonyl (C=O) groups is 1. The van der Waals surface area contributed by atoms with Crippen LogP contribution in [0, 0.1) is 0 Å². The van der Waals surface area contributed by atoms with E-state index in [0.29, 0.717) is 25.3 Å². The lowest BCUT2D eigenvalue weighted by atomic mass is 10.1. The number of sulfonamides is 1. The van der Waals surface area contributed by atoms with E-state index in [4.69, 9.17) is 4.74 Å². The van der Waals surface area contributed by atoms with Crippen molar-refractivity contribution in [3.05, 3.63) is 29.8 Å². The lowest BCUT2D eigenvalue weighted by molar-refractivity contribution is 0.0393. The van der Waals surface area contributed by atoms with E-state index in [1.807, 2.05) is 6.92 Å². The minimum absolute atomic E-state index is 0.124. The van der Waals surface area contributed by atoms with E-state index >= 15 is 0 Å². The number of rotatable bonds is 4. The van der Waals surface area contributed by atoms with E-state index < -0.39 is 10.0 Å². The molecule has 144 valence electrons. The van der Waals surface area contributed by atoms with Crippen LogP contribution in [0.3, 0.4) is 0 Å². The maximum atomic E-state index is 12.8. The third-order valence-electron chi connectivity index (χ3n) is 5.22. The molecule has 0 bridgehead atoms. The number of morpholine rings is 1. The van der Waals surface area contributed by atoms with Gasteiger partial charge in [0.2, 0.25) is 10.0 Å².